The SMILES string of the molecule is CN(C)Cc1cc(C(C)(C)C)c(O)c(C(C)(C)C)c1.[H-].[K+]. The molecule has 0 saturated carbocycles. The van der Waals surface area contributed by atoms with Crippen LogP contribution < -0.4 is 51.4 Å². The van der Waals surface area contributed by atoms with Gasteiger partial charge in [0.15, 0.2) is 0 Å². The van der Waals surface area contributed by atoms with Crippen LogP contribution in [0.5, 0.6) is 5.75 Å². The molecule has 0 aliphatic heterocycles. The molecule has 0 unspecified atom stereocenters. The van der Waals surface area contributed by atoms with Gasteiger partial charge >= 0.3 is 51.4 Å². The summed E-state index contributed by atoms with van der Waals surface area (Å²) in [4.78, 5) is 2.16. The summed E-state index contributed by atoms with van der Waals surface area (Å²) in [5, 5.41) is 10.6. The minimum Gasteiger partial charge on any atom is -1.00 e. The fourth-order valence-corrected chi connectivity index (χ4v) is 2.29. The van der Waals surface area contributed by atoms with E-state index in [0.717, 1.165) is 17.7 Å². The summed E-state index contributed by atoms with van der Waals surface area (Å²) < 4.78 is 0. The molecule has 0 aliphatic rings. The Morgan fingerprint density at radius 1 is 0.950 bits per heavy atom. The van der Waals surface area contributed by atoms with Crippen LogP contribution in [0.1, 0.15) is 59.7 Å². The standard InChI is InChI=1S/C17H29NO.K.H/c1-16(2,3)13-9-12(11-18(7)8)10-14(15(13)19)17(4,5)6;;/h9-10,19H,11H2,1-8H3;;/q;+1;-1. The largest absolute Gasteiger partial charge is 1.00 e. The van der Waals surface area contributed by atoms with E-state index in [4.69, 9.17) is 0 Å². The first-order valence-electron chi connectivity index (χ1n) is 6.94. The van der Waals surface area contributed by atoms with Crippen molar-refractivity contribution in [3.05, 3.63) is 28.8 Å². The fraction of sp³-hybridized carbons (Fsp3) is 0.647. The van der Waals surface area contributed by atoms with E-state index in [1.807, 2.05) is 0 Å². The van der Waals surface area contributed by atoms with Gasteiger partial charge in [-0.15, -0.1) is 0 Å². The van der Waals surface area contributed by atoms with E-state index in [9.17, 15) is 5.11 Å². The molecule has 1 rings (SSSR count). The molecule has 0 radical (unpaired) electrons. The van der Waals surface area contributed by atoms with Gasteiger partial charge in [-0.1, -0.05) is 53.7 Å². The fourth-order valence-electron chi connectivity index (χ4n) is 2.29. The Bertz CT molecular complexity index is 424. The quantitative estimate of drug-likeness (QED) is 0.829. The Morgan fingerprint density at radius 2 is 1.30 bits per heavy atom. The number of nitrogens with zero attached hydrogens (tertiary/aromatic N) is 1. The van der Waals surface area contributed by atoms with Crippen molar-refractivity contribution < 1.29 is 57.9 Å². The number of aromatic hydroxyl groups is 1. The second-order valence-electron chi connectivity index (χ2n) is 7.78. The number of benzene rings is 1. The van der Waals surface area contributed by atoms with Crippen LogP contribution in [0.3, 0.4) is 0 Å². The third kappa shape index (κ3) is 5.43. The molecular formula is C17H30KNO. The molecule has 0 heterocycles. The predicted octanol–water partition coefficient (Wildman–Crippen LogP) is 1.17. The Hall–Kier alpha value is 0.616. The average molecular weight is 304 g/mol. The van der Waals surface area contributed by atoms with Crippen LogP contribution >= 0.6 is 0 Å². The third-order valence-corrected chi connectivity index (χ3v) is 3.28. The zero-order valence-corrected chi connectivity index (χ0v) is 17.9. The molecule has 0 aromatic heterocycles. The monoisotopic (exact) mass is 303 g/mol. The molecule has 0 fully saturated rings. The van der Waals surface area contributed by atoms with Gasteiger partial charge in [-0.05, 0) is 41.6 Å². The molecular weight excluding hydrogens is 273 g/mol. The summed E-state index contributed by atoms with van der Waals surface area (Å²) in [6.07, 6.45) is 0. The summed E-state index contributed by atoms with van der Waals surface area (Å²) in [5.41, 5.74) is 3.24. The first-order valence-corrected chi connectivity index (χ1v) is 6.94. The van der Waals surface area contributed by atoms with Gasteiger partial charge in [0.25, 0.3) is 0 Å². The normalized spacial score (nSPS) is 12.4. The number of hydrogen-bond donors (Lipinski definition) is 1. The van der Waals surface area contributed by atoms with E-state index in [1.165, 1.54) is 5.56 Å². The van der Waals surface area contributed by atoms with Gasteiger partial charge in [-0.25, -0.2) is 0 Å². The maximum atomic E-state index is 10.6. The van der Waals surface area contributed by atoms with Crippen LogP contribution in [0.4, 0.5) is 0 Å². The zero-order valence-electron chi connectivity index (χ0n) is 15.8. The molecule has 0 aliphatic carbocycles. The first-order chi connectivity index (χ1) is 8.43. The molecule has 3 heteroatoms. The summed E-state index contributed by atoms with van der Waals surface area (Å²) in [6, 6.07) is 4.29. The molecule has 20 heavy (non-hydrogen) atoms. The second-order valence-corrected chi connectivity index (χ2v) is 7.78. The third-order valence-electron chi connectivity index (χ3n) is 3.28. The molecule has 2 nitrogen and oxygen atoms in total. The van der Waals surface area contributed by atoms with Gasteiger partial charge in [0.2, 0.25) is 0 Å². The topological polar surface area (TPSA) is 23.5 Å². The van der Waals surface area contributed by atoms with E-state index in [2.05, 4.69) is 72.7 Å². The summed E-state index contributed by atoms with van der Waals surface area (Å²) in [6.45, 7) is 13.8. The molecule has 0 bridgehead atoms. The Morgan fingerprint density at radius 3 is 1.55 bits per heavy atom. The van der Waals surface area contributed by atoms with Crippen LogP contribution in [0.2, 0.25) is 0 Å². The van der Waals surface area contributed by atoms with E-state index in [0.29, 0.717) is 5.75 Å². The Kier molecular flexibility index (Phi) is 7.48. The van der Waals surface area contributed by atoms with E-state index < -0.39 is 0 Å². The number of hydrogen-bond acceptors (Lipinski definition) is 2. The van der Waals surface area contributed by atoms with E-state index >= 15 is 0 Å². The molecule has 0 spiro atoms. The predicted molar refractivity (Wildman–Crippen MR) is 84.0 cm³/mol. The Balaban J connectivity index is 0. The van der Waals surface area contributed by atoms with Crippen molar-refractivity contribution in [1.82, 2.24) is 4.90 Å². The molecule has 0 amide bonds. The van der Waals surface area contributed by atoms with Crippen molar-refractivity contribution in [2.45, 2.75) is 58.9 Å². The Labute approximate surface area is 168 Å². The molecule has 0 saturated heterocycles. The minimum absolute atomic E-state index is 0. The smallest absolute Gasteiger partial charge is 1.00 e. The second kappa shape index (κ2) is 7.25. The van der Waals surface area contributed by atoms with Crippen LogP contribution in [0.25, 0.3) is 0 Å². The molecule has 1 aromatic carbocycles. The number of rotatable bonds is 2. The van der Waals surface area contributed by atoms with E-state index in [-0.39, 0.29) is 63.6 Å². The summed E-state index contributed by atoms with van der Waals surface area (Å²) in [7, 11) is 4.14. The molecule has 1 aromatic rings. The molecule has 1 N–H and O–H groups in total. The van der Waals surface area contributed by atoms with Crippen molar-refractivity contribution in [2.24, 2.45) is 0 Å². The van der Waals surface area contributed by atoms with Gasteiger partial charge in [-0.3, -0.25) is 0 Å². The summed E-state index contributed by atoms with van der Waals surface area (Å²) in [5.74, 6) is 0.461. The minimum atomic E-state index is -0.0492. The van der Waals surface area contributed by atoms with Gasteiger partial charge < -0.3 is 11.4 Å². The van der Waals surface area contributed by atoms with Gasteiger partial charge in [0, 0.05) is 6.54 Å². The van der Waals surface area contributed by atoms with E-state index in [1.54, 1.807) is 0 Å². The van der Waals surface area contributed by atoms with Crippen molar-refractivity contribution in [3.8, 4) is 5.75 Å². The van der Waals surface area contributed by atoms with Gasteiger partial charge in [0.1, 0.15) is 5.75 Å². The number of phenolic OH excluding ortho intramolecular Hbond substituents is 1. The average Bonchev–Trinajstić information content (AvgIpc) is 2.16. The molecule has 0 atom stereocenters. The summed E-state index contributed by atoms with van der Waals surface area (Å²) >= 11 is 0. The van der Waals surface area contributed by atoms with Crippen LogP contribution in [-0.4, -0.2) is 24.1 Å². The maximum absolute atomic E-state index is 10.6. The van der Waals surface area contributed by atoms with Gasteiger partial charge in [-0.2, -0.15) is 0 Å². The van der Waals surface area contributed by atoms with Crippen molar-refractivity contribution >= 4 is 0 Å². The first kappa shape index (κ1) is 20.6. The number of phenols is 1. The van der Waals surface area contributed by atoms with Crippen molar-refractivity contribution in [2.75, 3.05) is 14.1 Å². The van der Waals surface area contributed by atoms with Crippen LogP contribution in [-0.2, 0) is 17.4 Å². The van der Waals surface area contributed by atoms with Crippen molar-refractivity contribution in [3.63, 3.8) is 0 Å². The maximum Gasteiger partial charge on any atom is 1.00 e. The van der Waals surface area contributed by atoms with Gasteiger partial charge in [0.05, 0.1) is 0 Å². The zero-order chi connectivity index (χ0) is 15.0. The molecule has 110 valence electrons. The van der Waals surface area contributed by atoms with Crippen molar-refractivity contribution in [1.29, 1.82) is 0 Å². The van der Waals surface area contributed by atoms with Crippen LogP contribution in [0, 0.1) is 0 Å². The van der Waals surface area contributed by atoms with Crippen LogP contribution in [0.15, 0.2) is 12.1 Å².